The summed E-state index contributed by atoms with van der Waals surface area (Å²) in [6, 6.07) is 62.9. The predicted molar refractivity (Wildman–Crippen MR) is 216 cm³/mol. The van der Waals surface area contributed by atoms with Crippen LogP contribution in [0.15, 0.2) is 176 Å². The van der Waals surface area contributed by atoms with Gasteiger partial charge in [0.1, 0.15) is 0 Å². The number of para-hydroxylation sites is 2. The van der Waals surface area contributed by atoms with Gasteiger partial charge in [-0.1, -0.05) is 172 Å². The highest BCUT2D eigenvalue weighted by Crippen LogP contribution is 2.49. The molecule has 3 nitrogen and oxygen atoms in total. The van der Waals surface area contributed by atoms with E-state index in [0.29, 0.717) is 5.95 Å². The summed E-state index contributed by atoms with van der Waals surface area (Å²) in [5.74, 6) is 0.650. The maximum absolute atomic E-state index is 5.27. The second-order valence-corrected chi connectivity index (χ2v) is 14.2. The fourth-order valence-corrected chi connectivity index (χ4v) is 8.23. The molecule has 0 unspecified atom stereocenters. The van der Waals surface area contributed by atoms with Crippen molar-refractivity contribution in [3.05, 3.63) is 187 Å². The Bertz CT molecular complexity index is 2740. The molecule has 52 heavy (non-hydrogen) atoms. The lowest BCUT2D eigenvalue weighted by molar-refractivity contribution is 0.660. The van der Waals surface area contributed by atoms with Crippen molar-refractivity contribution in [1.29, 1.82) is 0 Å². The maximum Gasteiger partial charge on any atom is 0.235 e. The number of hydrogen-bond donors (Lipinski definition) is 0. The van der Waals surface area contributed by atoms with E-state index in [1.807, 2.05) is 12.1 Å². The van der Waals surface area contributed by atoms with Gasteiger partial charge in [0.25, 0.3) is 0 Å². The van der Waals surface area contributed by atoms with Gasteiger partial charge in [-0.2, -0.15) is 0 Å². The maximum atomic E-state index is 5.27. The highest BCUT2D eigenvalue weighted by atomic mass is 15.2. The molecule has 1 aliphatic rings. The van der Waals surface area contributed by atoms with Crippen LogP contribution in [0.5, 0.6) is 0 Å². The van der Waals surface area contributed by atoms with Gasteiger partial charge in [0.2, 0.25) is 5.95 Å². The van der Waals surface area contributed by atoms with Gasteiger partial charge in [0.05, 0.1) is 22.4 Å². The van der Waals surface area contributed by atoms with Gasteiger partial charge in [-0.25, -0.2) is 9.97 Å². The molecule has 0 saturated heterocycles. The first-order chi connectivity index (χ1) is 25.5. The van der Waals surface area contributed by atoms with E-state index < -0.39 is 0 Å². The smallest absolute Gasteiger partial charge is 0.235 e. The van der Waals surface area contributed by atoms with E-state index in [1.165, 1.54) is 44.2 Å². The van der Waals surface area contributed by atoms with Crippen LogP contribution in [0.1, 0.15) is 25.0 Å². The first-order valence-corrected chi connectivity index (χ1v) is 17.9. The van der Waals surface area contributed by atoms with Crippen molar-refractivity contribution in [3.63, 3.8) is 0 Å². The quantitative estimate of drug-likeness (QED) is 0.183. The fraction of sp³-hybridized carbons (Fsp3) is 0.0612. The second kappa shape index (κ2) is 11.8. The number of fused-ring (bicyclic) bond motifs is 6. The monoisotopic (exact) mass is 665 g/mol. The molecule has 9 aromatic rings. The summed E-state index contributed by atoms with van der Waals surface area (Å²) in [5.41, 5.74) is 16.2. The highest BCUT2D eigenvalue weighted by Gasteiger charge is 2.35. The molecule has 1 aliphatic carbocycles. The molecule has 3 heteroatoms. The molecule has 0 fully saturated rings. The zero-order valence-corrected chi connectivity index (χ0v) is 29.1. The van der Waals surface area contributed by atoms with Gasteiger partial charge < -0.3 is 0 Å². The van der Waals surface area contributed by atoms with Crippen LogP contribution in [-0.4, -0.2) is 14.5 Å². The van der Waals surface area contributed by atoms with Gasteiger partial charge in [0, 0.05) is 32.9 Å². The normalized spacial score (nSPS) is 13.0. The zero-order valence-electron chi connectivity index (χ0n) is 29.1. The Labute approximate surface area is 303 Å². The minimum Gasteiger partial charge on any atom is -0.277 e. The van der Waals surface area contributed by atoms with Gasteiger partial charge in [-0.3, -0.25) is 4.57 Å². The Kier molecular flexibility index (Phi) is 6.84. The number of aromatic nitrogens is 3. The summed E-state index contributed by atoms with van der Waals surface area (Å²) in [4.78, 5) is 10.5. The van der Waals surface area contributed by atoms with Gasteiger partial charge >= 0.3 is 0 Å². The lowest BCUT2D eigenvalue weighted by Crippen LogP contribution is -2.14. The van der Waals surface area contributed by atoms with Crippen molar-refractivity contribution in [3.8, 4) is 61.8 Å². The second-order valence-electron chi connectivity index (χ2n) is 14.2. The summed E-state index contributed by atoms with van der Waals surface area (Å²) < 4.78 is 2.26. The molecule has 0 amide bonds. The van der Waals surface area contributed by atoms with E-state index in [-0.39, 0.29) is 5.41 Å². The van der Waals surface area contributed by atoms with Crippen LogP contribution in [0.25, 0.3) is 83.6 Å². The Morgan fingerprint density at radius 3 is 1.69 bits per heavy atom. The standard InChI is InChI=1S/C49H35N3/c1-49(2)42-22-11-9-18-38(42)39-29-28-36(30-43(39)49)32-24-26-33(27-25-32)37-20-13-21-41-40-19-10-12-23-46(40)52(47(37)41)48-50-44(34-14-5-3-6-15-34)31-45(51-48)35-16-7-4-8-17-35/h3-31H,1-2H3. The van der Waals surface area contributed by atoms with Crippen molar-refractivity contribution < 1.29 is 0 Å². The SMILES string of the molecule is CC1(C)c2ccccc2-c2ccc(-c3ccc(-c4cccc5c6ccccc6n(-c6nc(-c7ccccc7)cc(-c7ccccc7)n6)c45)cc3)cc21. The molecule has 0 radical (unpaired) electrons. The fourth-order valence-electron chi connectivity index (χ4n) is 8.23. The van der Waals surface area contributed by atoms with Gasteiger partial charge in [-0.15, -0.1) is 0 Å². The Hall–Kier alpha value is -6.58. The Morgan fingerprint density at radius 1 is 0.404 bits per heavy atom. The third-order valence-electron chi connectivity index (χ3n) is 10.9. The van der Waals surface area contributed by atoms with Crippen LogP contribution in [0.4, 0.5) is 0 Å². The average molecular weight is 666 g/mol. The molecule has 0 atom stereocenters. The van der Waals surface area contributed by atoms with E-state index in [2.05, 4.69) is 182 Å². The summed E-state index contributed by atoms with van der Waals surface area (Å²) in [5, 5.41) is 2.35. The molecule has 0 saturated carbocycles. The van der Waals surface area contributed by atoms with Gasteiger partial charge in [-0.05, 0) is 57.1 Å². The summed E-state index contributed by atoms with van der Waals surface area (Å²) in [7, 11) is 0. The molecular formula is C49H35N3. The average Bonchev–Trinajstić information content (AvgIpc) is 3.67. The minimum atomic E-state index is -0.0365. The van der Waals surface area contributed by atoms with Crippen molar-refractivity contribution in [2.75, 3.05) is 0 Å². The molecule has 2 aromatic heterocycles. The third-order valence-corrected chi connectivity index (χ3v) is 10.9. The van der Waals surface area contributed by atoms with E-state index in [1.54, 1.807) is 0 Å². The molecule has 0 N–H and O–H groups in total. The zero-order chi connectivity index (χ0) is 34.8. The predicted octanol–water partition coefficient (Wildman–Crippen LogP) is 12.5. The molecule has 0 aliphatic heterocycles. The van der Waals surface area contributed by atoms with Crippen molar-refractivity contribution in [2.45, 2.75) is 19.3 Å². The van der Waals surface area contributed by atoms with E-state index in [4.69, 9.17) is 9.97 Å². The van der Waals surface area contributed by atoms with E-state index >= 15 is 0 Å². The lowest BCUT2D eigenvalue weighted by atomic mass is 9.81. The summed E-state index contributed by atoms with van der Waals surface area (Å²) in [6.45, 7) is 4.68. The minimum absolute atomic E-state index is 0.0365. The largest absolute Gasteiger partial charge is 0.277 e. The first kappa shape index (κ1) is 30.3. The van der Waals surface area contributed by atoms with Crippen molar-refractivity contribution >= 4 is 21.8 Å². The van der Waals surface area contributed by atoms with Crippen LogP contribution in [0.3, 0.4) is 0 Å². The summed E-state index contributed by atoms with van der Waals surface area (Å²) >= 11 is 0. The number of rotatable bonds is 5. The lowest BCUT2D eigenvalue weighted by Gasteiger charge is -2.22. The molecule has 10 rings (SSSR count). The van der Waals surface area contributed by atoms with E-state index in [0.717, 1.165) is 44.7 Å². The van der Waals surface area contributed by atoms with Crippen LogP contribution in [0, 0.1) is 0 Å². The highest BCUT2D eigenvalue weighted by molar-refractivity contribution is 6.13. The third kappa shape index (κ3) is 4.74. The van der Waals surface area contributed by atoms with Crippen LogP contribution >= 0.6 is 0 Å². The van der Waals surface area contributed by atoms with E-state index in [9.17, 15) is 0 Å². The topological polar surface area (TPSA) is 30.7 Å². The van der Waals surface area contributed by atoms with Crippen LogP contribution < -0.4 is 0 Å². The van der Waals surface area contributed by atoms with Gasteiger partial charge in [0.15, 0.2) is 0 Å². The van der Waals surface area contributed by atoms with Crippen molar-refractivity contribution in [2.24, 2.45) is 0 Å². The molecule has 246 valence electrons. The number of nitrogens with zero attached hydrogens (tertiary/aromatic N) is 3. The molecule has 0 bridgehead atoms. The molecule has 7 aromatic carbocycles. The number of hydrogen-bond acceptors (Lipinski definition) is 2. The Morgan fingerprint density at radius 2 is 0.962 bits per heavy atom. The number of benzene rings is 7. The Balaban J connectivity index is 1.14. The van der Waals surface area contributed by atoms with Crippen LogP contribution in [-0.2, 0) is 5.41 Å². The molecular weight excluding hydrogens is 631 g/mol. The molecule has 0 spiro atoms. The molecule has 2 heterocycles. The van der Waals surface area contributed by atoms with Crippen LogP contribution in [0.2, 0.25) is 0 Å². The first-order valence-electron chi connectivity index (χ1n) is 17.9. The van der Waals surface area contributed by atoms with Crippen molar-refractivity contribution in [1.82, 2.24) is 14.5 Å². The summed E-state index contributed by atoms with van der Waals surface area (Å²) in [6.07, 6.45) is 0.